The zero-order valence-corrected chi connectivity index (χ0v) is 12.0. The van der Waals surface area contributed by atoms with Crippen LogP contribution in [-0.2, 0) is 12.0 Å². The Morgan fingerprint density at radius 2 is 2.11 bits per heavy atom. The smallest absolute Gasteiger partial charge is 0.213 e. The normalized spacial score (nSPS) is 12.6. The molecule has 0 saturated heterocycles. The monoisotopic (exact) mass is 252 g/mol. The van der Waals surface area contributed by atoms with Gasteiger partial charge in [0.15, 0.2) is 5.96 Å². The van der Waals surface area contributed by atoms with E-state index in [4.69, 9.17) is 4.42 Å². The number of hydrogen-bond acceptors (Lipinski definition) is 3. The Balaban J connectivity index is 2.51. The molecule has 0 spiro atoms. The molecule has 0 amide bonds. The molecule has 0 radical (unpaired) electrons. The molecular formula is C13H24N4O. The molecule has 0 aromatic carbocycles. The van der Waals surface area contributed by atoms with Gasteiger partial charge in [0.2, 0.25) is 5.89 Å². The van der Waals surface area contributed by atoms with Crippen molar-refractivity contribution in [1.29, 1.82) is 0 Å². The van der Waals surface area contributed by atoms with E-state index in [-0.39, 0.29) is 5.41 Å². The first-order valence-corrected chi connectivity index (χ1v) is 6.37. The van der Waals surface area contributed by atoms with Crippen molar-refractivity contribution in [3.8, 4) is 0 Å². The van der Waals surface area contributed by atoms with Crippen LogP contribution in [0.5, 0.6) is 0 Å². The second-order valence-electron chi connectivity index (χ2n) is 5.22. The highest BCUT2D eigenvalue weighted by molar-refractivity contribution is 5.79. The number of aliphatic imine (C=N–C) groups is 1. The zero-order valence-electron chi connectivity index (χ0n) is 12.0. The summed E-state index contributed by atoms with van der Waals surface area (Å²) in [5, 5.41) is 6.36. The van der Waals surface area contributed by atoms with Gasteiger partial charge in [-0.05, 0) is 6.42 Å². The third kappa shape index (κ3) is 4.39. The van der Waals surface area contributed by atoms with Gasteiger partial charge in [0, 0.05) is 19.0 Å². The maximum atomic E-state index is 5.69. The Morgan fingerprint density at radius 3 is 2.61 bits per heavy atom. The fraction of sp³-hybridized carbons (Fsp3) is 0.692. The van der Waals surface area contributed by atoms with Gasteiger partial charge in [-0.25, -0.2) is 4.98 Å². The number of rotatable bonds is 4. The number of aromatic nitrogens is 1. The Kier molecular flexibility index (Phi) is 5.19. The molecular weight excluding hydrogens is 228 g/mol. The number of nitrogens with one attached hydrogen (secondary N) is 2. The Labute approximate surface area is 109 Å². The van der Waals surface area contributed by atoms with Crippen LogP contribution < -0.4 is 10.6 Å². The van der Waals surface area contributed by atoms with Crippen molar-refractivity contribution < 1.29 is 4.42 Å². The van der Waals surface area contributed by atoms with Crippen molar-refractivity contribution in [3.63, 3.8) is 0 Å². The highest BCUT2D eigenvalue weighted by Crippen LogP contribution is 2.22. The highest BCUT2D eigenvalue weighted by Gasteiger charge is 2.19. The summed E-state index contributed by atoms with van der Waals surface area (Å²) >= 11 is 0. The topological polar surface area (TPSA) is 62.5 Å². The lowest BCUT2D eigenvalue weighted by molar-refractivity contribution is 0.379. The fourth-order valence-corrected chi connectivity index (χ4v) is 1.36. The number of nitrogens with zero attached hydrogens (tertiary/aromatic N) is 2. The minimum atomic E-state index is -0.00656. The van der Waals surface area contributed by atoms with Crippen LogP contribution in [-0.4, -0.2) is 24.5 Å². The van der Waals surface area contributed by atoms with Gasteiger partial charge >= 0.3 is 0 Å². The summed E-state index contributed by atoms with van der Waals surface area (Å²) in [5.41, 5.74) is -0.00656. The minimum absolute atomic E-state index is 0.00656. The summed E-state index contributed by atoms with van der Waals surface area (Å²) in [6, 6.07) is 0. The van der Waals surface area contributed by atoms with Crippen LogP contribution in [0.25, 0.3) is 0 Å². The van der Waals surface area contributed by atoms with Crippen molar-refractivity contribution in [2.45, 2.75) is 46.1 Å². The maximum Gasteiger partial charge on any atom is 0.213 e. The molecule has 0 atom stereocenters. The van der Waals surface area contributed by atoms with Crippen LogP contribution in [0, 0.1) is 0 Å². The highest BCUT2D eigenvalue weighted by atomic mass is 16.4. The first-order valence-electron chi connectivity index (χ1n) is 6.37. The largest absolute Gasteiger partial charge is 0.443 e. The summed E-state index contributed by atoms with van der Waals surface area (Å²) in [6.45, 7) is 9.87. The zero-order chi connectivity index (χ0) is 13.6. The summed E-state index contributed by atoms with van der Waals surface area (Å²) in [7, 11) is 1.75. The molecule has 0 aliphatic heterocycles. The van der Waals surface area contributed by atoms with E-state index < -0.39 is 0 Å². The average Bonchev–Trinajstić information content (AvgIpc) is 2.78. The number of guanidine groups is 1. The predicted molar refractivity (Wildman–Crippen MR) is 73.7 cm³/mol. The van der Waals surface area contributed by atoms with E-state index in [1.54, 1.807) is 13.2 Å². The van der Waals surface area contributed by atoms with Crippen LogP contribution in [0.4, 0.5) is 0 Å². The molecule has 2 N–H and O–H groups in total. The van der Waals surface area contributed by atoms with E-state index in [0.717, 1.165) is 24.7 Å². The first kappa shape index (κ1) is 14.5. The van der Waals surface area contributed by atoms with Gasteiger partial charge in [-0.3, -0.25) is 4.99 Å². The van der Waals surface area contributed by atoms with Crippen molar-refractivity contribution >= 4 is 5.96 Å². The van der Waals surface area contributed by atoms with Gasteiger partial charge in [-0.15, -0.1) is 0 Å². The Morgan fingerprint density at radius 1 is 1.39 bits per heavy atom. The van der Waals surface area contributed by atoms with Crippen LogP contribution in [0.15, 0.2) is 15.6 Å². The Hall–Kier alpha value is -1.52. The average molecular weight is 252 g/mol. The molecule has 0 aliphatic carbocycles. The molecule has 1 heterocycles. The van der Waals surface area contributed by atoms with Crippen LogP contribution in [0.3, 0.4) is 0 Å². The SMILES string of the molecule is CCCNC(=NC)NCc1ncc(C(C)(C)C)o1. The molecule has 1 rings (SSSR count). The summed E-state index contributed by atoms with van der Waals surface area (Å²) < 4.78 is 5.69. The van der Waals surface area contributed by atoms with E-state index in [0.29, 0.717) is 12.4 Å². The van der Waals surface area contributed by atoms with Crippen molar-refractivity contribution in [2.75, 3.05) is 13.6 Å². The number of hydrogen-bond donors (Lipinski definition) is 2. The first-order chi connectivity index (χ1) is 8.47. The molecule has 0 saturated carbocycles. The molecule has 1 aromatic heterocycles. The van der Waals surface area contributed by atoms with Gasteiger partial charge in [0.1, 0.15) is 5.76 Å². The molecule has 0 unspecified atom stereocenters. The molecule has 5 nitrogen and oxygen atoms in total. The fourth-order valence-electron chi connectivity index (χ4n) is 1.36. The van der Waals surface area contributed by atoms with E-state index in [9.17, 15) is 0 Å². The minimum Gasteiger partial charge on any atom is -0.443 e. The lowest BCUT2D eigenvalue weighted by Gasteiger charge is -2.13. The van der Waals surface area contributed by atoms with Crippen molar-refractivity contribution in [1.82, 2.24) is 15.6 Å². The maximum absolute atomic E-state index is 5.69. The van der Waals surface area contributed by atoms with Crippen LogP contribution >= 0.6 is 0 Å². The molecule has 1 aromatic rings. The van der Waals surface area contributed by atoms with Gasteiger partial charge in [-0.2, -0.15) is 0 Å². The van der Waals surface area contributed by atoms with E-state index in [1.165, 1.54) is 0 Å². The van der Waals surface area contributed by atoms with Crippen LogP contribution in [0.2, 0.25) is 0 Å². The molecule has 0 bridgehead atoms. The van der Waals surface area contributed by atoms with Gasteiger partial charge in [-0.1, -0.05) is 27.7 Å². The lowest BCUT2D eigenvalue weighted by atomic mass is 9.94. The quantitative estimate of drug-likeness (QED) is 0.636. The lowest BCUT2D eigenvalue weighted by Crippen LogP contribution is -2.37. The molecule has 0 aliphatic rings. The Bertz CT molecular complexity index is 390. The van der Waals surface area contributed by atoms with E-state index in [1.807, 2.05) is 0 Å². The van der Waals surface area contributed by atoms with Gasteiger partial charge in [0.25, 0.3) is 0 Å². The molecule has 5 heteroatoms. The second-order valence-corrected chi connectivity index (χ2v) is 5.22. The molecule has 18 heavy (non-hydrogen) atoms. The standard InChI is InChI=1S/C13H24N4O/c1-6-7-15-12(14-5)17-9-11-16-8-10(18-11)13(2,3)4/h8H,6-7,9H2,1-5H3,(H2,14,15,17). The predicted octanol–water partition coefficient (Wildman–Crippen LogP) is 2.05. The number of oxazole rings is 1. The van der Waals surface area contributed by atoms with E-state index in [2.05, 4.69) is 48.3 Å². The van der Waals surface area contributed by atoms with Crippen molar-refractivity contribution in [3.05, 3.63) is 17.8 Å². The molecule has 0 fully saturated rings. The van der Waals surface area contributed by atoms with Crippen LogP contribution in [0.1, 0.15) is 45.8 Å². The summed E-state index contributed by atoms with van der Waals surface area (Å²) in [5.74, 6) is 2.35. The van der Waals surface area contributed by atoms with Crippen molar-refractivity contribution in [2.24, 2.45) is 4.99 Å². The molecule has 102 valence electrons. The second kappa shape index (κ2) is 6.42. The van der Waals surface area contributed by atoms with Gasteiger partial charge in [0.05, 0.1) is 12.7 Å². The van der Waals surface area contributed by atoms with E-state index >= 15 is 0 Å². The summed E-state index contributed by atoms with van der Waals surface area (Å²) in [4.78, 5) is 8.38. The van der Waals surface area contributed by atoms with Gasteiger partial charge < -0.3 is 15.1 Å². The third-order valence-corrected chi connectivity index (χ3v) is 2.47. The third-order valence-electron chi connectivity index (χ3n) is 2.47. The summed E-state index contributed by atoms with van der Waals surface area (Å²) in [6.07, 6.45) is 2.85.